The van der Waals surface area contributed by atoms with Crippen molar-refractivity contribution in [2.24, 2.45) is 5.73 Å². The summed E-state index contributed by atoms with van der Waals surface area (Å²) in [4.78, 5) is 0. The Hall–Kier alpha value is -1.10. The maximum absolute atomic E-state index is 10.1. The summed E-state index contributed by atoms with van der Waals surface area (Å²) < 4.78 is 5.22. The first kappa shape index (κ1) is 14.0. The SMILES string of the molecule is COc1cc(C)c(C(O)C(N)CCO)cc1C. The monoisotopic (exact) mass is 239 g/mol. The van der Waals surface area contributed by atoms with Gasteiger partial charge in [0.1, 0.15) is 5.75 Å². The molecule has 4 nitrogen and oxygen atoms in total. The highest BCUT2D eigenvalue weighted by atomic mass is 16.5. The summed E-state index contributed by atoms with van der Waals surface area (Å²) in [6.45, 7) is 3.81. The number of methoxy groups -OCH3 is 1. The first-order valence-corrected chi connectivity index (χ1v) is 5.71. The van der Waals surface area contributed by atoms with Gasteiger partial charge < -0.3 is 20.7 Å². The topological polar surface area (TPSA) is 75.7 Å². The molecular weight excluding hydrogens is 218 g/mol. The van der Waals surface area contributed by atoms with E-state index in [9.17, 15) is 5.11 Å². The fourth-order valence-corrected chi connectivity index (χ4v) is 1.89. The van der Waals surface area contributed by atoms with Crippen LogP contribution in [0.25, 0.3) is 0 Å². The minimum absolute atomic E-state index is 0.0214. The Morgan fingerprint density at radius 3 is 2.47 bits per heavy atom. The van der Waals surface area contributed by atoms with Crippen molar-refractivity contribution < 1.29 is 14.9 Å². The molecule has 4 heteroatoms. The lowest BCUT2D eigenvalue weighted by molar-refractivity contribution is 0.128. The van der Waals surface area contributed by atoms with E-state index in [0.717, 1.165) is 22.4 Å². The van der Waals surface area contributed by atoms with Crippen LogP contribution in [0.2, 0.25) is 0 Å². The second-order valence-corrected chi connectivity index (χ2v) is 4.30. The summed E-state index contributed by atoms with van der Waals surface area (Å²) in [5, 5.41) is 18.9. The van der Waals surface area contributed by atoms with Gasteiger partial charge in [0.05, 0.1) is 13.2 Å². The third-order valence-electron chi connectivity index (χ3n) is 2.97. The molecule has 1 aromatic carbocycles. The average Bonchev–Trinajstić information content (AvgIpc) is 2.31. The van der Waals surface area contributed by atoms with Gasteiger partial charge in [-0.15, -0.1) is 0 Å². The molecule has 2 atom stereocenters. The largest absolute Gasteiger partial charge is 0.496 e. The van der Waals surface area contributed by atoms with E-state index >= 15 is 0 Å². The van der Waals surface area contributed by atoms with Crippen molar-refractivity contribution in [3.05, 3.63) is 28.8 Å². The number of ether oxygens (including phenoxy) is 1. The standard InChI is InChI=1S/C13H21NO3/c1-8-7-12(17-3)9(2)6-10(8)13(16)11(14)4-5-15/h6-7,11,13,15-16H,4-5,14H2,1-3H3. The molecule has 17 heavy (non-hydrogen) atoms. The lowest BCUT2D eigenvalue weighted by atomic mass is 9.94. The molecule has 0 fully saturated rings. The second kappa shape index (κ2) is 6.00. The van der Waals surface area contributed by atoms with Gasteiger partial charge in [-0.3, -0.25) is 0 Å². The fraction of sp³-hybridized carbons (Fsp3) is 0.538. The number of benzene rings is 1. The highest BCUT2D eigenvalue weighted by molar-refractivity contribution is 5.42. The predicted octanol–water partition coefficient (Wildman–Crippen LogP) is 1.06. The van der Waals surface area contributed by atoms with E-state index in [4.69, 9.17) is 15.6 Å². The van der Waals surface area contributed by atoms with Gasteiger partial charge in [0.25, 0.3) is 0 Å². The molecule has 0 aromatic heterocycles. The Kier molecular flexibility index (Phi) is 4.93. The molecule has 0 heterocycles. The Balaban J connectivity index is 3.01. The highest BCUT2D eigenvalue weighted by Crippen LogP contribution is 2.28. The quantitative estimate of drug-likeness (QED) is 0.718. The first-order valence-electron chi connectivity index (χ1n) is 5.71. The molecule has 0 saturated heterocycles. The molecule has 0 saturated carbocycles. The van der Waals surface area contributed by atoms with Crippen LogP contribution in [-0.4, -0.2) is 30.0 Å². The van der Waals surface area contributed by atoms with Crippen LogP contribution in [0.4, 0.5) is 0 Å². The molecule has 96 valence electrons. The van der Waals surface area contributed by atoms with Crippen molar-refractivity contribution in [1.82, 2.24) is 0 Å². The Morgan fingerprint density at radius 2 is 1.94 bits per heavy atom. The van der Waals surface area contributed by atoms with Crippen molar-refractivity contribution in [2.45, 2.75) is 32.4 Å². The molecule has 2 unspecified atom stereocenters. The zero-order valence-electron chi connectivity index (χ0n) is 10.6. The van der Waals surface area contributed by atoms with Crippen molar-refractivity contribution >= 4 is 0 Å². The van der Waals surface area contributed by atoms with Crippen molar-refractivity contribution in [1.29, 1.82) is 0 Å². The van der Waals surface area contributed by atoms with E-state index in [-0.39, 0.29) is 6.61 Å². The summed E-state index contributed by atoms with van der Waals surface area (Å²) >= 11 is 0. The molecule has 1 aromatic rings. The van der Waals surface area contributed by atoms with Gasteiger partial charge >= 0.3 is 0 Å². The van der Waals surface area contributed by atoms with Crippen LogP contribution in [-0.2, 0) is 0 Å². The van der Waals surface area contributed by atoms with Gasteiger partial charge in [-0.2, -0.15) is 0 Å². The molecule has 0 aliphatic heterocycles. The van der Waals surface area contributed by atoms with Crippen LogP contribution >= 0.6 is 0 Å². The van der Waals surface area contributed by atoms with Crippen LogP contribution in [0.15, 0.2) is 12.1 Å². The zero-order chi connectivity index (χ0) is 13.0. The summed E-state index contributed by atoms with van der Waals surface area (Å²) in [5.41, 5.74) is 8.50. The Bertz CT molecular complexity index is 379. The Morgan fingerprint density at radius 1 is 1.29 bits per heavy atom. The van der Waals surface area contributed by atoms with E-state index < -0.39 is 12.1 Å². The maximum atomic E-state index is 10.1. The molecule has 0 aliphatic rings. The van der Waals surface area contributed by atoms with E-state index in [2.05, 4.69) is 0 Å². The molecule has 4 N–H and O–H groups in total. The van der Waals surface area contributed by atoms with Crippen molar-refractivity contribution in [2.75, 3.05) is 13.7 Å². The van der Waals surface area contributed by atoms with Crippen LogP contribution in [0.3, 0.4) is 0 Å². The molecule has 0 spiro atoms. The van der Waals surface area contributed by atoms with Gasteiger partial charge in [-0.05, 0) is 49.1 Å². The number of aliphatic hydroxyl groups excluding tert-OH is 2. The van der Waals surface area contributed by atoms with Gasteiger partial charge in [0.2, 0.25) is 0 Å². The number of hydrogen-bond donors (Lipinski definition) is 3. The fourth-order valence-electron chi connectivity index (χ4n) is 1.89. The lowest BCUT2D eigenvalue weighted by Gasteiger charge is -2.21. The average molecular weight is 239 g/mol. The van der Waals surface area contributed by atoms with Gasteiger partial charge in [-0.25, -0.2) is 0 Å². The minimum Gasteiger partial charge on any atom is -0.496 e. The summed E-state index contributed by atoms with van der Waals surface area (Å²) in [5.74, 6) is 0.800. The van der Waals surface area contributed by atoms with Crippen molar-refractivity contribution in [3.63, 3.8) is 0 Å². The number of rotatable bonds is 5. The smallest absolute Gasteiger partial charge is 0.122 e. The summed E-state index contributed by atoms with van der Waals surface area (Å²) in [6.07, 6.45) is -0.377. The van der Waals surface area contributed by atoms with Crippen LogP contribution in [0.5, 0.6) is 5.75 Å². The normalized spacial score (nSPS) is 14.5. The van der Waals surface area contributed by atoms with E-state index in [1.807, 2.05) is 26.0 Å². The third kappa shape index (κ3) is 3.19. The first-order chi connectivity index (χ1) is 8.01. The predicted molar refractivity (Wildman–Crippen MR) is 67.1 cm³/mol. The number of aliphatic hydroxyl groups is 2. The second-order valence-electron chi connectivity index (χ2n) is 4.30. The molecule has 0 aliphatic carbocycles. The van der Waals surface area contributed by atoms with E-state index in [1.54, 1.807) is 7.11 Å². The minimum atomic E-state index is -0.758. The molecular formula is C13H21NO3. The van der Waals surface area contributed by atoms with Gasteiger partial charge in [0.15, 0.2) is 0 Å². The van der Waals surface area contributed by atoms with E-state index in [1.165, 1.54) is 0 Å². The molecule has 0 amide bonds. The van der Waals surface area contributed by atoms with Gasteiger partial charge in [0, 0.05) is 12.6 Å². The summed E-state index contributed by atoms with van der Waals surface area (Å²) in [7, 11) is 1.62. The van der Waals surface area contributed by atoms with Crippen LogP contribution in [0, 0.1) is 13.8 Å². The van der Waals surface area contributed by atoms with Crippen LogP contribution < -0.4 is 10.5 Å². The molecule has 0 bridgehead atoms. The lowest BCUT2D eigenvalue weighted by Crippen LogP contribution is -2.29. The molecule has 0 radical (unpaired) electrons. The molecule has 1 rings (SSSR count). The summed E-state index contributed by atoms with van der Waals surface area (Å²) in [6, 6.07) is 3.32. The zero-order valence-corrected chi connectivity index (χ0v) is 10.6. The maximum Gasteiger partial charge on any atom is 0.122 e. The number of aryl methyl sites for hydroxylation is 2. The van der Waals surface area contributed by atoms with Crippen molar-refractivity contribution in [3.8, 4) is 5.75 Å². The van der Waals surface area contributed by atoms with E-state index in [0.29, 0.717) is 6.42 Å². The Labute approximate surface area is 102 Å². The van der Waals surface area contributed by atoms with Crippen LogP contribution in [0.1, 0.15) is 29.2 Å². The highest BCUT2D eigenvalue weighted by Gasteiger charge is 2.19. The third-order valence-corrected chi connectivity index (χ3v) is 2.97. The number of hydrogen-bond acceptors (Lipinski definition) is 4. The number of nitrogens with two attached hydrogens (primary N) is 1. The van der Waals surface area contributed by atoms with Gasteiger partial charge in [-0.1, -0.05) is 0 Å².